The quantitative estimate of drug-likeness (QED) is 0.449. The van der Waals surface area contributed by atoms with Gasteiger partial charge in [0, 0.05) is 32.6 Å². The molecule has 130 valence electrons. The van der Waals surface area contributed by atoms with Crippen molar-refractivity contribution in [1.82, 2.24) is 15.4 Å². The van der Waals surface area contributed by atoms with Crippen LogP contribution in [0.2, 0.25) is 0 Å². The first-order chi connectivity index (χ1) is 11.3. The lowest BCUT2D eigenvalue weighted by molar-refractivity contribution is 0.266. The van der Waals surface area contributed by atoms with E-state index < -0.39 is 0 Å². The molecule has 1 aliphatic rings. The molecule has 6 nitrogen and oxygen atoms in total. The molecule has 0 amide bonds. The van der Waals surface area contributed by atoms with E-state index in [1.807, 2.05) is 30.1 Å². The van der Waals surface area contributed by atoms with E-state index in [2.05, 4.69) is 27.6 Å². The molecule has 1 unspecified atom stereocenters. The van der Waals surface area contributed by atoms with Gasteiger partial charge in [0.05, 0.1) is 13.2 Å². The third-order valence-corrected chi connectivity index (χ3v) is 4.05. The highest BCUT2D eigenvalue weighted by molar-refractivity contribution is 14.0. The number of halogens is 1. The van der Waals surface area contributed by atoms with E-state index in [4.69, 9.17) is 9.26 Å². The maximum absolute atomic E-state index is 5.72. The number of guanidine groups is 1. The first-order valence-corrected chi connectivity index (χ1v) is 7.80. The van der Waals surface area contributed by atoms with Gasteiger partial charge < -0.3 is 19.5 Å². The molecule has 0 aliphatic carbocycles. The lowest BCUT2D eigenvalue weighted by atomic mass is 9.93. The number of fused-ring (bicyclic) bond motifs is 1. The van der Waals surface area contributed by atoms with Gasteiger partial charge in [0.2, 0.25) is 0 Å². The van der Waals surface area contributed by atoms with Crippen LogP contribution < -0.4 is 10.1 Å². The van der Waals surface area contributed by atoms with Gasteiger partial charge in [-0.05, 0) is 18.1 Å². The van der Waals surface area contributed by atoms with Crippen LogP contribution in [-0.2, 0) is 6.54 Å². The lowest BCUT2D eigenvalue weighted by Crippen LogP contribution is -2.41. The monoisotopic (exact) mass is 442 g/mol. The molecule has 0 saturated carbocycles. The van der Waals surface area contributed by atoms with Gasteiger partial charge in [-0.15, -0.1) is 24.0 Å². The van der Waals surface area contributed by atoms with Gasteiger partial charge in [-0.2, -0.15) is 0 Å². The number of para-hydroxylation sites is 1. The number of rotatable bonds is 4. The van der Waals surface area contributed by atoms with E-state index in [-0.39, 0.29) is 24.0 Å². The normalized spacial score (nSPS) is 16.6. The van der Waals surface area contributed by atoms with Crippen molar-refractivity contribution in [2.45, 2.75) is 18.9 Å². The number of nitrogens with one attached hydrogen (secondary N) is 1. The Morgan fingerprint density at radius 3 is 2.96 bits per heavy atom. The Morgan fingerprint density at radius 2 is 2.21 bits per heavy atom. The second-order valence-corrected chi connectivity index (χ2v) is 5.65. The largest absolute Gasteiger partial charge is 0.493 e. The zero-order valence-electron chi connectivity index (χ0n) is 13.9. The van der Waals surface area contributed by atoms with Gasteiger partial charge in [-0.25, -0.2) is 0 Å². The fourth-order valence-electron chi connectivity index (χ4n) is 2.86. The molecule has 1 aromatic carbocycles. The van der Waals surface area contributed by atoms with Gasteiger partial charge in [0.15, 0.2) is 5.96 Å². The Hall–Kier alpha value is -1.77. The van der Waals surface area contributed by atoms with Crippen LogP contribution in [0.3, 0.4) is 0 Å². The molecule has 0 saturated heterocycles. The summed E-state index contributed by atoms with van der Waals surface area (Å²) >= 11 is 0. The number of hydrogen-bond acceptors (Lipinski definition) is 4. The fourth-order valence-corrected chi connectivity index (χ4v) is 2.86. The summed E-state index contributed by atoms with van der Waals surface area (Å²) in [7, 11) is 3.78. The maximum atomic E-state index is 5.72. The first kappa shape index (κ1) is 18.6. The average molecular weight is 442 g/mol. The predicted molar refractivity (Wildman–Crippen MR) is 104 cm³/mol. The molecule has 2 aromatic rings. The lowest BCUT2D eigenvalue weighted by Gasteiger charge is -2.28. The van der Waals surface area contributed by atoms with E-state index in [9.17, 15) is 0 Å². The van der Waals surface area contributed by atoms with E-state index in [0.717, 1.165) is 37.0 Å². The molecule has 24 heavy (non-hydrogen) atoms. The summed E-state index contributed by atoms with van der Waals surface area (Å²) in [5, 5.41) is 7.39. The molecule has 1 aliphatic heterocycles. The highest BCUT2D eigenvalue weighted by Gasteiger charge is 2.21. The summed E-state index contributed by atoms with van der Waals surface area (Å²) in [6, 6.07) is 10.1. The van der Waals surface area contributed by atoms with Crippen molar-refractivity contribution in [3.8, 4) is 5.75 Å². The molecular formula is C17H23IN4O2. The van der Waals surface area contributed by atoms with Gasteiger partial charge in [0.25, 0.3) is 0 Å². The number of nitrogens with zero attached hydrogens (tertiary/aromatic N) is 3. The molecule has 1 aromatic heterocycles. The predicted octanol–water partition coefficient (Wildman–Crippen LogP) is 2.87. The topological polar surface area (TPSA) is 62.9 Å². The van der Waals surface area contributed by atoms with Crippen LogP contribution in [0.15, 0.2) is 46.1 Å². The van der Waals surface area contributed by atoms with Crippen LogP contribution in [-0.4, -0.2) is 43.3 Å². The molecule has 1 N–H and O–H groups in total. The van der Waals surface area contributed by atoms with Crippen LogP contribution in [0.5, 0.6) is 5.75 Å². The summed E-state index contributed by atoms with van der Waals surface area (Å²) in [5.41, 5.74) is 2.15. The SMILES string of the molecule is CN=C(NCC1CCOc2ccccc21)N(C)Cc1ccon1.I. The second kappa shape index (κ2) is 8.91. The second-order valence-electron chi connectivity index (χ2n) is 5.65. The number of aromatic nitrogens is 1. The van der Waals surface area contributed by atoms with Crippen molar-refractivity contribution < 1.29 is 9.26 Å². The Kier molecular flexibility index (Phi) is 6.89. The number of ether oxygens (including phenoxy) is 1. The summed E-state index contributed by atoms with van der Waals surface area (Å²) in [4.78, 5) is 6.38. The highest BCUT2D eigenvalue weighted by Crippen LogP contribution is 2.32. The number of aliphatic imine (C=N–C) groups is 1. The standard InChI is InChI=1S/C17H22N4O2.HI/c1-18-17(21(2)12-14-8-10-23-20-14)19-11-13-7-9-22-16-6-4-3-5-15(13)16;/h3-6,8,10,13H,7,9,11-12H2,1-2H3,(H,18,19);1H. The molecule has 0 radical (unpaired) electrons. The highest BCUT2D eigenvalue weighted by atomic mass is 127. The van der Waals surface area contributed by atoms with Gasteiger partial charge in [-0.1, -0.05) is 23.4 Å². The minimum Gasteiger partial charge on any atom is -0.493 e. The van der Waals surface area contributed by atoms with Crippen LogP contribution >= 0.6 is 24.0 Å². The summed E-state index contributed by atoms with van der Waals surface area (Å²) in [6.45, 7) is 2.24. The Balaban J connectivity index is 0.00000208. The van der Waals surface area contributed by atoms with Crippen LogP contribution in [0.25, 0.3) is 0 Å². The molecule has 7 heteroatoms. The van der Waals surface area contributed by atoms with E-state index >= 15 is 0 Å². The van der Waals surface area contributed by atoms with Crippen LogP contribution in [0.1, 0.15) is 23.6 Å². The molecule has 1 atom stereocenters. The third kappa shape index (κ3) is 4.40. The summed E-state index contributed by atoms with van der Waals surface area (Å²) in [6.07, 6.45) is 2.59. The number of hydrogen-bond donors (Lipinski definition) is 1. The Bertz CT molecular complexity index is 660. The molecule has 0 fully saturated rings. The zero-order valence-corrected chi connectivity index (χ0v) is 16.3. The van der Waals surface area contributed by atoms with Crippen molar-refractivity contribution in [2.75, 3.05) is 27.2 Å². The molecule has 0 bridgehead atoms. The van der Waals surface area contributed by atoms with Crippen LogP contribution in [0.4, 0.5) is 0 Å². The summed E-state index contributed by atoms with van der Waals surface area (Å²) < 4.78 is 10.6. The Morgan fingerprint density at radius 1 is 1.38 bits per heavy atom. The van der Waals surface area contributed by atoms with Gasteiger partial charge >= 0.3 is 0 Å². The molecule has 2 heterocycles. The number of benzene rings is 1. The minimum absolute atomic E-state index is 0. The van der Waals surface area contributed by atoms with E-state index in [1.165, 1.54) is 5.56 Å². The third-order valence-electron chi connectivity index (χ3n) is 4.05. The van der Waals surface area contributed by atoms with Crippen molar-refractivity contribution in [2.24, 2.45) is 4.99 Å². The average Bonchev–Trinajstić information content (AvgIpc) is 3.08. The van der Waals surface area contributed by atoms with Crippen molar-refractivity contribution in [1.29, 1.82) is 0 Å². The van der Waals surface area contributed by atoms with E-state index in [1.54, 1.807) is 13.3 Å². The molecule has 3 rings (SSSR count). The van der Waals surface area contributed by atoms with Crippen molar-refractivity contribution in [3.05, 3.63) is 47.9 Å². The molecular weight excluding hydrogens is 419 g/mol. The first-order valence-electron chi connectivity index (χ1n) is 7.80. The van der Waals surface area contributed by atoms with Gasteiger partial charge in [0.1, 0.15) is 17.7 Å². The van der Waals surface area contributed by atoms with E-state index in [0.29, 0.717) is 12.5 Å². The summed E-state index contributed by atoms with van der Waals surface area (Å²) in [5.74, 6) is 2.27. The van der Waals surface area contributed by atoms with Crippen LogP contribution in [0, 0.1) is 0 Å². The van der Waals surface area contributed by atoms with Crippen molar-refractivity contribution >= 4 is 29.9 Å². The Labute approximate surface area is 159 Å². The zero-order chi connectivity index (χ0) is 16.1. The fraction of sp³-hybridized carbons (Fsp3) is 0.412. The maximum Gasteiger partial charge on any atom is 0.193 e. The van der Waals surface area contributed by atoms with Gasteiger partial charge in [-0.3, -0.25) is 4.99 Å². The minimum atomic E-state index is 0. The molecule has 0 spiro atoms. The van der Waals surface area contributed by atoms with Crippen molar-refractivity contribution in [3.63, 3.8) is 0 Å². The smallest absolute Gasteiger partial charge is 0.193 e.